The van der Waals surface area contributed by atoms with Crippen LogP contribution in [0.1, 0.15) is 40.3 Å². The highest BCUT2D eigenvalue weighted by Gasteiger charge is 2.43. The molecule has 1 amide bonds. The molecular weight excluding hydrogens is 433 g/mol. The zero-order valence-electron chi connectivity index (χ0n) is 17.2. The normalized spacial score (nSPS) is 21.7. The minimum Gasteiger partial charge on any atom is -0.475 e. The van der Waals surface area contributed by atoms with Crippen molar-refractivity contribution in [3.05, 3.63) is 46.0 Å². The van der Waals surface area contributed by atoms with E-state index in [2.05, 4.69) is 22.4 Å². The first kappa shape index (κ1) is 23.3. The summed E-state index contributed by atoms with van der Waals surface area (Å²) >= 11 is 1.84. The number of furan rings is 1. The highest BCUT2D eigenvalue weighted by molar-refractivity contribution is 7.09. The minimum atomic E-state index is -5.08. The van der Waals surface area contributed by atoms with Gasteiger partial charge in [0.05, 0.1) is 11.8 Å². The van der Waals surface area contributed by atoms with Crippen LogP contribution in [0.5, 0.6) is 0 Å². The molecule has 0 aromatic carbocycles. The van der Waals surface area contributed by atoms with Crippen molar-refractivity contribution in [3.8, 4) is 0 Å². The summed E-state index contributed by atoms with van der Waals surface area (Å²) < 4.78 is 37.0. The van der Waals surface area contributed by atoms with Gasteiger partial charge in [0, 0.05) is 36.5 Å². The summed E-state index contributed by atoms with van der Waals surface area (Å²) in [5, 5.41) is 9.28. The molecule has 1 atom stereocenters. The van der Waals surface area contributed by atoms with Crippen LogP contribution in [0.3, 0.4) is 0 Å². The molecule has 0 saturated carbocycles. The smallest absolute Gasteiger partial charge is 0.475 e. The van der Waals surface area contributed by atoms with Gasteiger partial charge in [-0.15, -0.1) is 11.3 Å². The van der Waals surface area contributed by atoms with Crippen LogP contribution in [0.25, 0.3) is 0 Å². The first-order valence-electron chi connectivity index (χ1n) is 9.98. The molecule has 10 heteroatoms. The predicted molar refractivity (Wildman–Crippen MR) is 109 cm³/mol. The second-order valence-electron chi connectivity index (χ2n) is 8.06. The van der Waals surface area contributed by atoms with E-state index in [1.165, 1.54) is 24.3 Å². The summed E-state index contributed by atoms with van der Waals surface area (Å²) in [6, 6.07) is 6.15. The average Bonchev–Trinajstić information content (AvgIpc) is 3.44. The largest absolute Gasteiger partial charge is 0.490 e. The van der Waals surface area contributed by atoms with E-state index in [0.29, 0.717) is 0 Å². The third-order valence-corrected chi connectivity index (χ3v) is 6.62. The van der Waals surface area contributed by atoms with Crippen molar-refractivity contribution in [3.63, 3.8) is 0 Å². The van der Waals surface area contributed by atoms with E-state index in [-0.39, 0.29) is 11.3 Å². The van der Waals surface area contributed by atoms with Gasteiger partial charge in [-0.25, -0.2) is 4.79 Å². The molecule has 2 aliphatic heterocycles. The molecule has 4 rings (SSSR count). The van der Waals surface area contributed by atoms with E-state index < -0.39 is 12.1 Å². The number of alkyl halides is 3. The third kappa shape index (κ3) is 5.88. The molecule has 0 bridgehead atoms. The highest BCUT2D eigenvalue weighted by atomic mass is 32.1. The Labute approximate surface area is 182 Å². The average molecular weight is 459 g/mol. The number of hydrogen-bond acceptors (Lipinski definition) is 5. The Bertz CT molecular complexity index is 897. The van der Waals surface area contributed by atoms with Gasteiger partial charge in [0.2, 0.25) is 0 Å². The fourth-order valence-electron chi connectivity index (χ4n) is 4.29. The number of nitrogens with zero attached hydrogens (tertiary/aromatic N) is 2. The lowest BCUT2D eigenvalue weighted by atomic mass is 9.79. The number of aliphatic carboxylic acids is 1. The summed E-state index contributed by atoms with van der Waals surface area (Å²) in [6.45, 7) is 6.96. The van der Waals surface area contributed by atoms with Crippen LogP contribution in [0.2, 0.25) is 0 Å². The van der Waals surface area contributed by atoms with E-state index in [4.69, 9.17) is 14.3 Å². The molecule has 4 heterocycles. The number of thiophene rings is 1. The Morgan fingerprint density at radius 1 is 1.23 bits per heavy atom. The zero-order chi connectivity index (χ0) is 22.6. The molecule has 2 aliphatic rings. The Balaban J connectivity index is 0.000000339. The fraction of sp³-hybridized carbons (Fsp3) is 0.524. The molecule has 1 spiro atoms. The van der Waals surface area contributed by atoms with E-state index in [1.54, 1.807) is 12.3 Å². The van der Waals surface area contributed by atoms with Gasteiger partial charge >= 0.3 is 12.1 Å². The number of carbonyl (C=O) groups is 2. The molecule has 1 unspecified atom stereocenters. The van der Waals surface area contributed by atoms with Crippen LogP contribution >= 0.6 is 11.3 Å². The number of carboxylic acid groups (broad SMARTS) is 1. The van der Waals surface area contributed by atoms with Gasteiger partial charge in [-0.3, -0.25) is 9.69 Å². The van der Waals surface area contributed by atoms with E-state index in [1.807, 2.05) is 23.2 Å². The molecule has 170 valence electrons. The Hall–Kier alpha value is -2.33. The Kier molecular flexibility index (Phi) is 7.10. The maximum atomic E-state index is 12.7. The molecule has 31 heavy (non-hydrogen) atoms. The SMILES string of the molecule is Cc1occc1C(=O)N1CCC2(CCCN(Cc3cccs3)C2)C1.O=C(O)C(F)(F)F. The minimum absolute atomic E-state index is 0.133. The number of likely N-dealkylation sites (tertiary alicyclic amines) is 2. The van der Waals surface area contributed by atoms with Crippen LogP contribution in [-0.2, 0) is 11.3 Å². The number of rotatable bonds is 3. The van der Waals surface area contributed by atoms with Crippen molar-refractivity contribution in [2.75, 3.05) is 26.2 Å². The van der Waals surface area contributed by atoms with Crippen molar-refractivity contribution >= 4 is 23.2 Å². The van der Waals surface area contributed by atoms with E-state index in [0.717, 1.165) is 43.9 Å². The summed E-state index contributed by atoms with van der Waals surface area (Å²) in [6.07, 6.45) is 0.120. The monoisotopic (exact) mass is 458 g/mol. The second-order valence-corrected chi connectivity index (χ2v) is 9.10. The van der Waals surface area contributed by atoms with Gasteiger partial charge in [0.25, 0.3) is 5.91 Å². The Morgan fingerprint density at radius 2 is 1.97 bits per heavy atom. The van der Waals surface area contributed by atoms with Gasteiger partial charge in [-0.05, 0) is 50.2 Å². The van der Waals surface area contributed by atoms with Crippen LogP contribution in [0.15, 0.2) is 34.3 Å². The number of aryl methyl sites for hydroxylation is 1. The standard InChI is InChI=1S/C19H24N2O2S.C2HF3O2/c1-15-17(5-10-23-15)18(22)21-9-7-19(14-21)6-3-8-20(13-19)12-16-4-2-11-24-16;3-2(4,5)1(6)7/h2,4-5,10-11H,3,6-9,12-14H2,1H3;(H,6,7). The first-order valence-corrected chi connectivity index (χ1v) is 10.9. The number of carboxylic acids is 1. The van der Waals surface area contributed by atoms with Crippen LogP contribution in [0, 0.1) is 12.3 Å². The molecule has 2 aromatic rings. The van der Waals surface area contributed by atoms with Crippen molar-refractivity contribution in [1.82, 2.24) is 9.80 Å². The Morgan fingerprint density at radius 3 is 2.55 bits per heavy atom. The quantitative estimate of drug-likeness (QED) is 0.738. The lowest BCUT2D eigenvalue weighted by molar-refractivity contribution is -0.192. The van der Waals surface area contributed by atoms with Crippen molar-refractivity contribution in [1.29, 1.82) is 0 Å². The molecule has 6 nitrogen and oxygen atoms in total. The second kappa shape index (κ2) is 9.44. The molecule has 2 saturated heterocycles. The van der Waals surface area contributed by atoms with Gasteiger partial charge in [-0.1, -0.05) is 6.07 Å². The van der Waals surface area contributed by atoms with Gasteiger partial charge in [-0.2, -0.15) is 13.2 Å². The lowest BCUT2D eigenvalue weighted by Gasteiger charge is -2.40. The third-order valence-electron chi connectivity index (χ3n) is 5.76. The number of hydrogen-bond donors (Lipinski definition) is 1. The number of halogens is 3. The zero-order valence-corrected chi connectivity index (χ0v) is 18.0. The van der Waals surface area contributed by atoms with Crippen molar-refractivity contribution in [2.24, 2.45) is 5.41 Å². The summed E-state index contributed by atoms with van der Waals surface area (Å²) in [4.78, 5) is 27.7. The van der Waals surface area contributed by atoms with Crippen molar-refractivity contribution in [2.45, 2.75) is 38.9 Å². The first-order chi connectivity index (χ1) is 14.6. The molecule has 0 aliphatic carbocycles. The summed E-state index contributed by atoms with van der Waals surface area (Å²) in [7, 11) is 0. The van der Waals surface area contributed by atoms with Crippen LogP contribution < -0.4 is 0 Å². The predicted octanol–water partition coefficient (Wildman–Crippen LogP) is 4.41. The fourth-order valence-corrected chi connectivity index (χ4v) is 5.03. The molecular formula is C21H25F3N2O4S. The number of amides is 1. The maximum Gasteiger partial charge on any atom is 0.490 e. The van der Waals surface area contributed by atoms with Gasteiger partial charge in [0.15, 0.2) is 0 Å². The molecule has 2 fully saturated rings. The molecule has 2 aromatic heterocycles. The van der Waals surface area contributed by atoms with E-state index >= 15 is 0 Å². The van der Waals surface area contributed by atoms with Gasteiger partial charge < -0.3 is 14.4 Å². The van der Waals surface area contributed by atoms with Gasteiger partial charge in [0.1, 0.15) is 5.76 Å². The number of piperidine rings is 1. The maximum absolute atomic E-state index is 12.7. The van der Waals surface area contributed by atoms with Crippen molar-refractivity contribution < 1.29 is 32.3 Å². The van der Waals surface area contributed by atoms with E-state index in [9.17, 15) is 18.0 Å². The lowest BCUT2D eigenvalue weighted by Crippen LogP contribution is -2.44. The topological polar surface area (TPSA) is 74.0 Å². The highest BCUT2D eigenvalue weighted by Crippen LogP contribution is 2.40. The molecule has 0 radical (unpaired) electrons. The number of carbonyl (C=O) groups excluding carboxylic acids is 1. The van der Waals surface area contributed by atoms with Crippen LogP contribution in [-0.4, -0.2) is 59.1 Å². The summed E-state index contributed by atoms with van der Waals surface area (Å²) in [5.41, 5.74) is 1.00. The summed E-state index contributed by atoms with van der Waals surface area (Å²) in [5.74, 6) is -1.90. The van der Waals surface area contributed by atoms with Crippen LogP contribution in [0.4, 0.5) is 13.2 Å². The molecule has 1 N–H and O–H groups in total.